The Morgan fingerprint density at radius 1 is 1.25 bits per heavy atom. The summed E-state index contributed by atoms with van der Waals surface area (Å²) < 4.78 is 36.7. The van der Waals surface area contributed by atoms with Crippen LogP contribution in [0.3, 0.4) is 0 Å². The number of carbonyl (C=O) groups excluding carboxylic acids is 1. The SMILES string of the molecule is O=C(c1ccc(=O)[nH]n1)N1CCN(CC(F)(F)F)CC1. The lowest BCUT2D eigenvalue weighted by Gasteiger charge is -2.34. The molecule has 1 fully saturated rings. The molecule has 6 nitrogen and oxygen atoms in total. The molecule has 2 rings (SSSR count). The van der Waals surface area contributed by atoms with Gasteiger partial charge in [0.2, 0.25) is 0 Å². The molecule has 0 radical (unpaired) electrons. The number of aromatic amines is 1. The molecule has 0 bridgehead atoms. The summed E-state index contributed by atoms with van der Waals surface area (Å²) in [7, 11) is 0. The molecular weight excluding hydrogens is 277 g/mol. The number of rotatable bonds is 2. The Labute approximate surface area is 112 Å². The van der Waals surface area contributed by atoms with Crippen LogP contribution in [0.2, 0.25) is 0 Å². The van der Waals surface area contributed by atoms with Crippen molar-refractivity contribution in [3.63, 3.8) is 0 Å². The molecule has 1 aromatic heterocycles. The Hall–Kier alpha value is -1.90. The van der Waals surface area contributed by atoms with E-state index in [1.54, 1.807) is 0 Å². The number of hydrogen-bond donors (Lipinski definition) is 1. The number of carbonyl (C=O) groups is 1. The van der Waals surface area contributed by atoms with Gasteiger partial charge in [-0.25, -0.2) is 5.10 Å². The second kappa shape index (κ2) is 5.61. The maximum Gasteiger partial charge on any atom is 0.401 e. The largest absolute Gasteiger partial charge is 0.401 e. The zero-order valence-corrected chi connectivity index (χ0v) is 10.5. The van der Waals surface area contributed by atoms with Crippen molar-refractivity contribution in [3.05, 3.63) is 28.2 Å². The molecule has 1 aliphatic heterocycles. The van der Waals surface area contributed by atoms with Crippen molar-refractivity contribution in [3.8, 4) is 0 Å². The average Bonchev–Trinajstić information content (AvgIpc) is 2.38. The Morgan fingerprint density at radius 3 is 2.40 bits per heavy atom. The lowest BCUT2D eigenvalue weighted by Crippen LogP contribution is -2.51. The number of amides is 1. The average molecular weight is 290 g/mol. The zero-order valence-electron chi connectivity index (χ0n) is 10.5. The fraction of sp³-hybridized carbons (Fsp3) is 0.545. The van der Waals surface area contributed by atoms with Crippen molar-refractivity contribution >= 4 is 5.91 Å². The van der Waals surface area contributed by atoms with Gasteiger partial charge in [-0.2, -0.15) is 18.3 Å². The van der Waals surface area contributed by atoms with E-state index in [4.69, 9.17) is 0 Å². The molecule has 0 saturated carbocycles. The first-order valence-corrected chi connectivity index (χ1v) is 5.99. The first-order valence-electron chi connectivity index (χ1n) is 5.99. The predicted octanol–water partition coefficient (Wildman–Crippen LogP) is 0.0900. The first kappa shape index (κ1) is 14.5. The van der Waals surface area contributed by atoms with E-state index in [-0.39, 0.29) is 31.9 Å². The van der Waals surface area contributed by atoms with E-state index in [1.165, 1.54) is 21.9 Å². The van der Waals surface area contributed by atoms with Crippen molar-refractivity contribution in [2.75, 3.05) is 32.7 Å². The minimum Gasteiger partial charge on any atom is -0.335 e. The molecule has 0 unspecified atom stereocenters. The number of H-pyrrole nitrogens is 1. The van der Waals surface area contributed by atoms with Gasteiger partial charge in [-0.15, -0.1) is 0 Å². The van der Waals surface area contributed by atoms with E-state index in [1.807, 2.05) is 0 Å². The van der Waals surface area contributed by atoms with E-state index in [2.05, 4.69) is 10.2 Å². The third kappa shape index (κ3) is 3.80. The highest BCUT2D eigenvalue weighted by molar-refractivity contribution is 5.92. The Bertz CT molecular complexity index is 515. The summed E-state index contributed by atoms with van der Waals surface area (Å²) in [6.07, 6.45) is -4.23. The lowest BCUT2D eigenvalue weighted by atomic mass is 10.2. The fourth-order valence-corrected chi connectivity index (χ4v) is 1.99. The van der Waals surface area contributed by atoms with Gasteiger partial charge in [0.25, 0.3) is 11.5 Å². The molecule has 1 N–H and O–H groups in total. The molecule has 1 amide bonds. The summed E-state index contributed by atoms with van der Waals surface area (Å²) in [5.41, 5.74) is -0.342. The van der Waals surface area contributed by atoms with Crippen LogP contribution < -0.4 is 5.56 Å². The van der Waals surface area contributed by atoms with Crippen LogP contribution in [0.15, 0.2) is 16.9 Å². The zero-order chi connectivity index (χ0) is 14.8. The van der Waals surface area contributed by atoms with Gasteiger partial charge in [0.15, 0.2) is 0 Å². The van der Waals surface area contributed by atoms with Crippen molar-refractivity contribution in [1.82, 2.24) is 20.0 Å². The third-order valence-electron chi connectivity index (χ3n) is 2.96. The summed E-state index contributed by atoms with van der Waals surface area (Å²) in [6.45, 7) is -0.236. The number of hydrogen-bond acceptors (Lipinski definition) is 4. The van der Waals surface area contributed by atoms with Crippen LogP contribution in [0.1, 0.15) is 10.5 Å². The number of nitrogens with zero attached hydrogens (tertiary/aromatic N) is 3. The number of alkyl halides is 3. The summed E-state index contributed by atoms with van der Waals surface area (Å²) in [5.74, 6) is -0.395. The maximum atomic E-state index is 12.2. The van der Waals surface area contributed by atoms with Crippen LogP contribution in [0.4, 0.5) is 13.2 Å². The van der Waals surface area contributed by atoms with Crippen molar-refractivity contribution in [2.45, 2.75) is 6.18 Å². The normalized spacial score (nSPS) is 17.2. The van der Waals surface area contributed by atoms with Crippen molar-refractivity contribution in [2.24, 2.45) is 0 Å². The number of aromatic nitrogens is 2. The maximum absolute atomic E-state index is 12.2. The topological polar surface area (TPSA) is 69.3 Å². The van der Waals surface area contributed by atoms with Gasteiger partial charge in [-0.3, -0.25) is 14.5 Å². The van der Waals surface area contributed by atoms with E-state index < -0.39 is 24.2 Å². The lowest BCUT2D eigenvalue weighted by molar-refractivity contribution is -0.148. The number of piperazine rings is 1. The first-order chi connectivity index (χ1) is 9.35. The number of halogens is 3. The highest BCUT2D eigenvalue weighted by atomic mass is 19.4. The van der Waals surface area contributed by atoms with Crippen LogP contribution >= 0.6 is 0 Å². The molecule has 0 aliphatic carbocycles. The second-order valence-corrected chi connectivity index (χ2v) is 4.49. The third-order valence-corrected chi connectivity index (χ3v) is 2.96. The van der Waals surface area contributed by atoms with Crippen LogP contribution in [-0.4, -0.2) is 64.8 Å². The molecule has 9 heteroatoms. The fourth-order valence-electron chi connectivity index (χ4n) is 1.99. The monoisotopic (exact) mass is 290 g/mol. The van der Waals surface area contributed by atoms with E-state index >= 15 is 0 Å². The van der Waals surface area contributed by atoms with Gasteiger partial charge in [-0.1, -0.05) is 0 Å². The van der Waals surface area contributed by atoms with Gasteiger partial charge < -0.3 is 4.90 Å². The Balaban J connectivity index is 1.92. The van der Waals surface area contributed by atoms with Crippen molar-refractivity contribution < 1.29 is 18.0 Å². The van der Waals surface area contributed by atoms with Gasteiger partial charge in [0.1, 0.15) is 5.69 Å². The van der Waals surface area contributed by atoms with Gasteiger partial charge >= 0.3 is 6.18 Å². The minimum absolute atomic E-state index is 0.0777. The van der Waals surface area contributed by atoms with Crippen LogP contribution in [-0.2, 0) is 0 Å². The minimum atomic E-state index is -4.23. The highest BCUT2D eigenvalue weighted by Crippen LogP contribution is 2.17. The standard InChI is InChI=1S/C11H13F3N4O2/c12-11(13,14)7-17-3-5-18(6-4-17)10(20)8-1-2-9(19)16-15-8/h1-2H,3-7H2,(H,16,19). The molecule has 1 saturated heterocycles. The quantitative estimate of drug-likeness (QED) is 0.838. The molecular formula is C11H13F3N4O2. The molecule has 0 atom stereocenters. The summed E-state index contributed by atoms with van der Waals surface area (Å²) in [4.78, 5) is 25.5. The molecule has 1 aromatic rings. The summed E-state index contributed by atoms with van der Waals surface area (Å²) in [6, 6.07) is 2.48. The smallest absolute Gasteiger partial charge is 0.335 e. The highest BCUT2D eigenvalue weighted by Gasteiger charge is 2.33. The van der Waals surface area contributed by atoms with Gasteiger partial charge in [0.05, 0.1) is 6.54 Å². The summed E-state index contributed by atoms with van der Waals surface area (Å²) in [5, 5.41) is 5.76. The predicted molar refractivity (Wildman–Crippen MR) is 63.3 cm³/mol. The van der Waals surface area contributed by atoms with Crippen LogP contribution in [0.25, 0.3) is 0 Å². The molecule has 0 spiro atoms. The van der Waals surface area contributed by atoms with Crippen LogP contribution in [0.5, 0.6) is 0 Å². The van der Waals surface area contributed by atoms with E-state index in [0.29, 0.717) is 0 Å². The molecule has 110 valence electrons. The van der Waals surface area contributed by atoms with Gasteiger partial charge in [0, 0.05) is 32.2 Å². The summed E-state index contributed by atoms with van der Waals surface area (Å²) >= 11 is 0. The van der Waals surface area contributed by atoms with Crippen molar-refractivity contribution in [1.29, 1.82) is 0 Å². The van der Waals surface area contributed by atoms with E-state index in [0.717, 1.165) is 0 Å². The second-order valence-electron chi connectivity index (χ2n) is 4.49. The molecule has 0 aromatic carbocycles. The Kier molecular flexibility index (Phi) is 4.07. The molecule has 20 heavy (non-hydrogen) atoms. The molecule has 2 heterocycles. The Morgan fingerprint density at radius 2 is 1.90 bits per heavy atom. The van der Waals surface area contributed by atoms with E-state index in [9.17, 15) is 22.8 Å². The van der Waals surface area contributed by atoms with Gasteiger partial charge in [-0.05, 0) is 6.07 Å². The number of nitrogens with one attached hydrogen (secondary N) is 1. The van der Waals surface area contributed by atoms with Crippen LogP contribution in [0, 0.1) is 0 Å². The molecule has 1 aliphatic rings.